The molecule has 4 aromatic rings. The maximum Gasteiger partial charge on any atom is 0.227 e. The van der Waals surface area contributed by atoms with Crippen LogP contribution in [-0.4, -0.2) is 14.5 Å². The molecule has 0 bridgehead atoms. The molecule has 22 heavy (non-hydrogen) atoms. The van der Waals surface area contributed by atoms with Gasteiger partial charge in [-0.1, -0.05) is 26.0 Å². The summed E-state index contributed by atoms with van der Waals surface area (Å²) in [5.74, 6) is 1.28. The fraction of sp³-hybridized carbons (Fsp3) is 0.222. The molecule has 0 aliphatic carbocycles. The summed E-state index contributed by atoms with van der Waals surface area (Å²) in [4.78, 5) is 9.10. The van der Waals surface area contributed by atoms with Gasteiger partial charge in [-0.25, -0.2) is 9.97 Å². The van der Waals surface area contributed by atoms with E-state index in [1.807, 2.05) is 29.9 Å². The van der Waals surface area contributed by atoms with Crippen LogP contribution < -0.4 is 0 Å². The zero-order chi connectivity index (χ0) is 15.3. The van der Waals surface area contributed by atoms with Crippen molar-refractivity contribution in [1.29, 1.82) is 0 Å². The Kier molecular flexibility index (Phi) is 2.79. The van der Waals surface area contributed by atoms with E-state index in [1.54, 1.807) is 6.20 Å². The van der Waals surface area contributed by atoms with Crippen molar-refractivity contribution in [3.63, 3.8) is 0 Å². The molecule has 0 radical (unpaired) electrons. The highest BCUT2D eigenvalue weighted by atomic mass is 16.3. The van der Waals surface area contributed by atoms with Crippen molar-refractivity contribution in [2.45, 2.75) is 19.8 Å². The Morgan fingerprint density at radius 3 is 2.68 bits per heavy atom. The molecule has 3 heterocycles. The maximum absolute atomic E-state index is 6.09. The predicted octanol–water partition coefficient (Wildman–Crippen LogP) is 4.50. The van der Waals surface area contributed by atoms with Crippen LogP contribution in [0.25, 0.3) is 33.5 Å². The van der Waals surface area contributed by atoms with E-state index in [9.17, 15) is 0 Å². The molecule has 110 valence electrons. The standard InChI is InChI=1S/C18H17N3O/c1-11(2)15-8-7-13-12-5-4-6-14(16(12)22-18(13)20-15)17-19-9-10-21(17)3/h4-11H,1-3H3. The van der Waals surface area contributed by atoms with Crippen LogP contribution >= 0.6 is 0 Å². The third kappa shape index (κ3) is 1.84. The van der Waals surface area contributed by atoms with Crippen LogP contribution in [0.15, 0.2) is 47.1 Å². The van der Waals surface area contributed by atoms with Crippen LogP contribution in [0, 0.1) is 0 Å². The molecule has 0 amide bonds. The molecule has 4 nitrogen and oxygen atoms in total. The molecule has 4 rings (SSSR count). The summed E-state index contributed by atoms with van der Waals surface area (Å²) in [5, 5.41) is 2.13. The number of aryl methyl sites for hydroxylation is 1. The first kappa shape index (κ1) is 13.1. The number of hydrogen-bond acceptors (Lipinski definition) is 3. The molecular weight excluding hydrogens is 274 g/mol. The van der Waals surface area contributed by atoms with E-state index in [4.69, 9.17) is 4.42 Å². The van der Waals surface area contributed by atoms with Gasteiger partial charge in [0, 0.05) is 35.9 Å². The second kappa shape index (κ2) is 4.70. The monoisotopic (exact) mass is 291 g/mol. The molecule has 0 fully saturated rings. The van der Waals surface area contributed by atoms with Gasteiger partial charge in [0.05, 0.1) is 5.56 Å². The van der Waals surface area contributed by atoms with Gasteiger partial charge in [-0.2, -0.15) is 0 Å². The van der Waals surface area contributed by atoms with Gasteiger partial charge in [-0.3, -0.25) is 0 Å². The summed E-state index contributed by atoms with van der Waals surface area (Å²) < 4.78 is 8.08. The number of hydrogen-bond donors (Lipinski definition) is 0. The van der Waals surface area contributed by atoms with Crippen LogP contribution in [-0.2, 0) is 7.05 Å². The third-order valence-electron chi connectivity index (χ3n) is 4.04. The van der Waals surface area contributed by atoms with E-state index >= 15 is 0 Å². The minimum atomic E-state index is 0.381. The maximum atomic E-state index is 6.09. The van der Waals surface area contributed by atoms with E-state index in [2.05, 4.69) is 42.0 Å². The quantitative estimate of drug-likeness (QED) is 0.546. The molecular formula is C18H17N3O. The lowest BCUT2D eigenvalue weighted by Gasteiger charge is -2.02. The number of fused-ring (bicyclic) bond motifs is 3. The lowest BCUT2D eigenvalue weighted by Crippen LogP contribution is -1.91. The van der Waals surface area contributed by atoms with Crippen molar-refractivity contribution >= 4 is 22.1 Å². The number of furan rings is 1. The highest BCUT2D eigenvalue weighted by molar-refractivity contribution is 6.08. The molecule has 4 heteroatoms. The normalized spacial score (nSPS) is 11.8. The molecule has 0 N–H and O–H groups in total. The lowest BCUT2D eigenvalue weighted by molar-refractivity contribution is 0.648. The summed E-state index contributed by atoms with van der Waals surface area (Å²) in [6.07, 6.45) is 3.73. The van der Waals surface area contributed by atoms with E-state index in [-0.39, 0.29) is 0 Å². The smallest absolute Gasteiger partial charge is 0.227 e. The van der Waals surface area contributed by atoms with E-state index in [1.165, 1.54) is 0 Å². The Bertz CT molecular complexity index is 979. The average Bonchev–Trinajstić information content (AvgIpc) is 3.09. The summed E-state index contributed by atoms with van der Waals surface area (Å²) in [7, 11) is 1.99. The number of pyridine rings is 1. The zero-order valence-electron chi connectivity index (χ0n) is 12.9. The van der Waals surface area contributed by atoms with Gasteiger partial charge < -0.3 is 8.98 Å². The van der Waals surface area contributed by atoms with Crippen LogP contribution in [0.3, 0.4) is 0 Å². The van der Waals surface area contributed by atoms with Crippen molar-refractivity contribution in [1.82, 2.24) is 14.5 Å². The van der Waals surface area contributed by atoms with Gasteiger partial charge in [0.2, 0.25) is 5.71 Å². The first-order valence-electron chi connectivity index (χ1n) is 7.45. The van der Waals surface area contributed by atoms with Crippen LogP contribution in [0.1, 0.15) is 25.5 Å². The zero-order valence-corrected chi connectivity index (χ0v) is 12.9. The van der Waals surface area contributed by atoms with Gasteiger partial charge in [0.1, 0.15) is 11.4 Å². The van der Waals surface area contributed by atoms with Crippen molar-refractivity contribution < 1.29 is 4.42 Å². The fourth-order valence-electron chi connectivity index (χ4n) is 2.82. The molecule has 0 spiro atoms. The Balaban J connectivity index is 2.05. The second-order valence-corrected chi connectivity index (χ2v) is 5.89. The Labute approximate surface area is 128 Å². The largest absolute Gasteiger partial charge is 0.437 e. The first-order chi connectivity index (χ1) is 10.6. The van der Waals surface area contributed by atoms with Crippen molar-refractivity contribution in [2.75, 3.05) is 0 Å². The highest BCUT2D eigenvalue weighted by Gasteiger charge is 2.15. The fourth-order valence-corrected chi connectivity index (χ4v) is 2.82. The number of para-hydroxylation sites is 1. The summed E-state index contributed by atoms with van der Waals surface area (Å²) in [6.45, 7) is 4.27. The van der Waals surface area contributed by atoms with Crippen LogP contribution in [0.2, 0.25) is 0 Å². The Hall–Kier alpha value is -2.62. The highest BCUT2D eigenvalue weighted by Crippen LogP contribution is 2.34. The number of benzene rings is 1. The molecule has 0 saturated heterocycles. The minimum Gasteiger partial charge on any atom is -0.437 e. The number of rotatable bonds is 2. The minimum absolute atomic E-state index is 0.381. The Morgan fingerprint density at radius 2 is 1.95 bits per heavy atom. The van der Waals surface area contributed by atoms with Crippen molar-refractivity contribution in [2.24, 2.45) is 7.05 Å². The summed E-state index contributed by atoms with van der Waals surface area (Å²) in [6, 6.07) is 10.3. The second-order valence-electron chi connectivity index (χ2n) is 5.89. The van der Waals surface area contributed by atoms with Gasteiger partial charge in [0.15, 0.2) is 0 Å². The predicted molar refractivity (Wildman–Crippen MR) is 87.8 cm³/mol. The average molecular weight is 291 g/mol. The first-order valence-corrected chi connectivity index (χ1v) is 7.45. The van der Waals surface area contributed by atoms with E-state index in [0.717, 1.165) is 33.4 Å². The van der Waals surface area contributed by atoms with Gasteiger partial charge in [-0.05, 0) is 24.1 Å². The topological polar surface area (TPSA) is 43.9 Å². The molecule has 0 atom stereocenters. The van der Waals surface area contributed by atoms with Gasteiger partial charge in [0.25, 0.3) is 0 Å². The molecule has 1 aromatic carbocycles. The van der Waals surface area contributed by atoms with Crippen LogP contribution in [0.5, 0.6) is 0 Å². The summed E-state index contributed by atoms with van der Waals surface area (Å²) in [5.41, 5.74) is 3.59. The van der Waals surface area contributed by atoms with E-state index in [0.29, 0.717) is 11.6 Å². The van der Waals surface area contributed by atoms with Gasteiger partial charge in [-0.15, -0.1) is 0 Å². The van der Waals surface area contributed by atoms with Crippen molar-refractivity contribution in [3.05, 3.63) is 48.4 Å². The number of imidazole rings is 1. The van der Waals surface area contributed by atoms with Gasteiger partial charge >= 0.3 is 0 Å². The molecule has 3 aromatic heterocycles. The van der Waals surface area contributed by atoms with Crippen molar-refractivity contribution in [3.8, 4) is 11.4 Å². The Morgan fingerprint density at radius 1 is 1.09 bits per heavy atom. The summed E-state index contributed by atoms with van der Waals surface area (Å²) >= 11 is 0. The number of nitrogens with zero attached hydrogens (tertiary/aromatic N) is 3. The van der Waals surface area contributed by atoms with Crippen LogP contribution in [0.4, 0.5) is 0 Å². The third-order valence-corrected chi connectivity index (χ3v) is 4.04. The molecule has 0 saturated carbocycles. The molecule has 0 aliphatic rings. The molecule has 0 unspecified atom stereocenters. The molecule has 0 aliphatic heterocycles. The lowest BCUT2D eigenvalue weighted by atomic mass is 10.1. The number of aromatic nitrogens is 3. The SMILES string of the molecule is CC(C)c1ccc2c(n1)oc1c(-c3nccn3C)cccc12. The van der Waals surface area contributed by atoms with E-state index < -0.39 is 0 Å².